The third-order valence-electron chi connectivity index (χ3n) is 20.9. The number of nitrogens with one attached hydrogen (secondary N) is 4. The van der Waals surface area contributed by atoms with Crippen LogP contribution in [0, 0.1) is 3.57 Å². The van der Waals surface area contributed by atoms with Gasteiger partial charge in [-0.25, -0.2) is 4.79 Å². The van der Waals surface area contributed by atoms with Gasteiger partial charge in [-0.2, -0.15) is 0 Å². The number of halogens is 1. The number of carboxylic acids is 1. The molecule has 6 rings (SSSR count). The Bertz CT molecular complexity index is 3170. The van der Waals surface area contributed by atoms with Crippen LogP contribution in [-0.2, 0) is 66.5 Å². The lowest BCUT2D eigenvalue weighted by molar-refractivity contribution is -0.403. The van der Waals surface area contributed by atoms with Gasteiger partial charge in [-0.1, -0.05) is 133 Å². The Balaban J connectivity index is 1.18. The Morgan fingerprint density at radius 1 is 0.617 bits per heavy atom. The molecule has 5 heterocycles. The number of phenolic OH excluding ortho intramolecular Hbond substituents is 1. The molecular formula is C74H122IN7O33. The van der Waals surface area contributed by atoms with E-state index >= 15 is 0 Å². The van der Waals surface area contributed by atoms with Crippen LogP contribution >= 0.6 is 22.6 Å². The first kappa shape index (κ1) is 98.9. The van der Waals surface area contributed by atoms with Gasteiger partial charge in [0.25, 0.3) is 11.7 Å². The molecule has 28 atom stereocenters. The highest BCUT2D eigenvalue weighted by Gasteiger charge is 2.62. The minimum absolute atomic E-state index is 0.0537. The maximum atomic E-state index is 13.8. The van der Waals surface area contributed by atoms with Gasteiger partial charge in [-0.15, -0.1) is 0 Å². The molecule has 5 fully saturated rings. The largest absolute Gasteiger partial charge is 0.507 e. The Morgan fingerprint density at radius 3 is 1.71 bits per heavy atom. The highest BCUT2D eigenvalue weighted by atomic mass is 125. The molecule has 5 aliphatic rings. The number of aliphatic hydroxyl groups excluding tert-OH is 16. The fourth-order valence-electron chi connectivity index (χ4n) is 14.5. The van der Waals surface area contributed by atoms with Crippen LogP contribution in [0.3, 0.4) is 0 Å². The van der Waals surface area contributed by atoms with Crippen LogP contribution in [0.4, 0.5) is 5.69 Å². The summed E-state index contributed by atoms with van der Waals surface area (Å²) >= 11 is 1.91. The number of azide groups is 1. The topological polar surface area (TPSA) is 639 Å². The number of allylic oxidation sites excluding steroid dienone is 1. The second-order valence-electron chi connectivity index (χ2n) is 29.8. The predicted molar refractivity (Wildman–Crippen MR) is 407 cm³/mol. The van der Waals surface area contributed by atoms with E-state index in [2.05, 4.69) is 38.2 Å². The number of aliphatic carboxylic acids is 1. The molecule has 0 saturated carbocycles. The second kappa shape index (κ2) is 50.4. The van der Waals surface area contributed by atoms with E-state index in [1.54, 1.807) is 6.08 Å². The Kier molecular flexibility index (Phi) is 43.3. The summed E-state index contributed by atoms with van der Waals surface area (Å²) in [5.41, 5.74) is 9.01. The fourth-order valence-corrected chi connectivity index (χ4v) is 15.0. The van der Waals surface area contributed by atoms with Crippen LogP contribution in [-0.4, -0.2) is 339 Å². The number of aromatic hydroxyl groups is 1. The quantitative estimate of drug-likeness (QED) is 0.00861. The van der Waals surface area contributed by atoms with Crippen molar-refractivity contribution >= 4 is 57.9 Å². The van der Waals surface area contributed by atoms with Crippen molar-refractivity contribution in [3.63, 3.8) is 0 Å². The number of carbonyl (C=O) groups excluding carboxylic acids is 4. The van der Waals surface area contributed by atoms with E-state index in [1.807, 2.05) is 22.6 Å². The van der Waals surface area contributed by atoms with Gasteiger partial charge in [0.15, 0.2) is 25.2 Å². The molecule has 115 heavy (non-hydrogen) atoms. The molecule has 41 heteroatoms. The minimum atomic E-state index is -3.40. The van der Waals surface area contributed by atoms with Crippen LogP contribution in [0.5, 0.6) is 5.75 Å². The van der Waals surface area contributed by atoms with Crippen LogP contribution in [0.25, 0.3) is 10.4 Å². The van der Waals surface area contributed by atoms with Crippen LogP contribution in [0.15, 0.2) is 29.4 Å². The number of aliphatic hydroxyl groups is 16. The molecule has 40 nitrogen and oxygen atoms in total. The molecule has 4 amide bonds. The maximum absolute atomic E-state index is 13.8. The zero-order chi connectivity index (χ0) is 84.6. The van der Waals surface area contributed by atoms with Gasteiger partial charge in [-0.3, -0.25) is 19.2 Å². The molecule has 1 aromatic rings. The number of nitrogens with zero attached hydrogens (tertiary/aromatic N) is 3. The summed E-state index contributed by atoms with van der Waals surface area (Å²) in [6.07, 6.45) is -27.7. The fraction of sp³-hybridized carbons (Fsp3) is 0.824. The van der Waals surface area contributed by atoms with Gasteiger partial charge in [0.2, 0.25) is 17.7 Å². The summed E-state index contributed by atoms with van der Waals surface area (Å²) in [5, 5.41) is 214. The van der Waals surface area contributed by atoms with Crippen molar-refractivity contribution in [2.45, 2.75) is 340 Å². The average molecular weight is 1760 g/mol. The van der Waals surface area contributed by atoms with E-state index in [9.17, 15) is 116 Å². The van der Waals surface area contributed by atoms with E-state index in [1.165, 1.54) is 56.7 Å². The van der Waals surface area contributed by atoms with E-state index in [0.29, 0.717) is 35.8 Å². The molecule has 0 aromatic heterocycles. The van der Waals surface area contributed by atoms with Gasteiger partial charge in [0.1, 0.15) is 122 Å². The van der Waals surface area contributed by atoms with Crippen molar-refractivity contribution in [3.8, 4) is 5.75 Å². The van der Waals surface area contributed by atoms with Crippen molar-refractivity contribution < 1.29 is 163 Å². The average Bonchev–Trinajstić information content (AvgIpc) is 0.745. The third-order valence-corrected chi connectivity index (χ3v) is 21.8. The molecular weight excluding hydrogens is 1640 g/mol. The standard InChI is InChI=1S/C74H122IN7O33/c1-4-5-6-7-8-9-10-11-12-14-17-20-23-26-44(90)43(80-52(94)27-24-21-18-15-13-16-19-22-25-28-77-68(103)40-29-41(75)42(81-82-76)30-45(40)91)37-106-70-61(101)59(99)63(50(35-86)109-70)111-72-62(102)67(115-74(73(104)105)31-46(92)53(78-38(2)88)66(114-74)55(95)47(93)32-83)64(51(36-87)110-72)112-69-54(79-39(3)89)65(57(97)49(34-85)107-69)113-71-60(100)58(98)56(96)48(33-84)108-71/h23,26,29-30,43-44,46-51,53-67,69-72,83-87,90-93,95-102H,4-22,24-25,27-28,31-37H2,1-3H3,(H,77,103)(H,78,88)(H,79,89)(H,80,94)(H,104,105)/b26-23+/t43?,44?,46-,47+,48+,49+,50+,51+,53+,54+,55+,56-,57-,58-,59+,60+,61+,62+,63+,64-,65+,66+,67+,69-,70+,71-,72-,74+/m0/s1/i75-2. The SMILES string of the molecule is CCCCCCCCCCCCC/C=C/C(O)C(CO[C@@H]1O[C@H](CO)[C@@H](O[C@@H]2O[C@H](CO)[C@H](O[C@@H]3O[C@H](CO)[C@H](O)[C@H](O[C@@H]4O[C@H](CO)[C@H](O)[C@H](O)[C@H]4O)[C@H]3NC(C)=O)[C@H](O[C@@]3(C(=O)O)C[C@H](O)[C@@H](NC(C)=O)[C@H]([C@H](O)[C@H](O)CO)O3)[C@H]2O)[C@H](O)[C@H]1O)NC(=O)CCCCCCCCCCCNC(=O)c1cc([125I])c(N=[N+]=[N-])cc1O. The lowest BCUT2D eigenvalue weighted by atomic mass is 9.88. The molecule has 22 N–H and O–H groups in total. The molecule has 5 saturated heterocycles. The van der Waals surface area contributed by atoms with Crippen LogP contribution < -0.4 is 21.3 Å². The summed E-state index contributed by atoms with van der Waals surface area (Å²) < 4.78 is 60.5. The number of unbranched alkanes of at least 4 members (excludes halogenated alkanes) is 19. The predicted octanol–water partition coefficient (Wildman–Crippen LogP) is -1.72. The Labute approximate surface area is 679 Å². The number of amides is 4. The molecule has 1 aromatic carbocycles. The minimum Gasteiger partial charge on any atom is -0.507 e. The number of carboxylic acid groups (broad SMARTS) is 1. The lowest BCUT2D eigenvalue weighted by Crippen LogP contribution is -2.72. The van der Waals surface area contributed by atoms with Gasteiger partial charge in [-0.05, 0) is 65.9 Å². The normalized spacial score (nSPS) is 32.8. The van der Waals surface area contributed by atoms with Crippen molar-refractivity contribution in [1.82, 2.24) is 21.3 Å². The molecule has 0 spiro atoms. The smallest absolute Gasteiger partial charge is 0.364 e. The number of ether oxygens (including phenoxy) is 10. The zero-order valence-corrected chi connectivity index (χ0v) is 67.2. The van der Waals surface area contributed by atoms with Gasteiger partial charge < -0.3 is 161 Å². The first-order valence-corrected chi connectivity index (χ1v) is 40.7. The van der Waals surface area contributed by atoms with Crippen molar-refractivity contribution in [2.24, 2.45) is 5.11 Å². The highest BCUT2D eigenvalue weighted by molar-refractivity contribution is 14.1. The van der Waals surface area contributed by atoms with Gasteiger partial charge in [0, 0.05) is 41.7 Å². The molecule has 2 unspecified atom stereocenters. The number of carbonyl (C=O) groups is 5. The molecule has 0 radical (unpaired) electrons. The van der Waals surface area contributed by atoms with E-state index in [4.69, 9.17) is 52.9 Å². The Hall–Kier alpha value is -4.89. The number of hydrogen-bond acceptors (Lipinski definition) is 33. The molecule has 0 aliphatic carbocycles. The first-order valence-electron chi connectivity index (χ1n) is 39.6. The highest BCUT2D eigenvalue weighted by Crippen LogP contribution is 2.42. The number of hydrogen-bond donors (Lipinski definition) is 22. The summed E-state index contributed by atoms with van der Waals surface area (Å²) in [6.45, 7) is -1.70. The van der Waals surface area contributed by atoms with Crippen LogP contribution in [0.1, 0.15) is 179 Å². The maximum Gasteiger partial charge on any atom is 0.364 e. The third kappa shape index (κ3) is 28.9. The lowest BCUT2D eigenvalue weighted by Gasteiger charge is -2.52. The van der Waals surface area contributed by atoms with Crippen LogP contribution in [0.2, 0.25) is 0 Å². The summed E-state index contributed by atoms with van der Waals surface area (Å²) in [7, 11) is 0. The summed E-state index contributed by atoms with van der Waals surface area (Å²) in [4.78, 5) is 68.5. The molecule has 5 aliphatic heterocycles. The molecule has 0 bridgehead atoms. The monoisotopic (exact) mass is 1760 g/mol. The molecule has 658 valence electrons. The zero-order valence-electron chi connectivity index (χ0n) is 65.0. The summed E-state index contributed by atoms with van der Waals surface area (Å²) in [5.74, 6) is -8.60. The van der Waals surface area contributed by atoms with Gasteiger partial charge >= 0.3 is 5.97 Å². The van der Waals surface area contributed by atoms with Crippen molar-refractivity contribution in [2.75, 3.05) is 46.2 Å². The summed E-state index contributed by atoms with van der Waals surface area (Å²) in [6, 6.07) is -2.22. The van der Waals surface area contributed by atoms with Crippen molar-refractivity contribution in [3.05, 3.63) is 43.9 Å². The van der Waals surface area contributed by atoms with Gasteiger partial charge in [0.05, 0.1) is 75.2 Å². The van der Waals surface area contributed by atoms with Crippen molar-refractivity contribution in [1.29, 1.82) is 0 Å². The van der Waals surface area contributed by atoms with E-state index < -0.39 is 247 Å². The second-order valence-corrected chi connectivity index (χ2v) is 30.9. The number of phenols is 1. The Morgan fingerprint density at radius 2 is 1.13 bits per heavy atom. The van der Waals surface area contributed by atoms with E-state index in [0.717, 1.165) is 84.5 Å². The first-order chi connectivity index (χ1) is 54.9. The number of rotatable bonds is 50. The van der Waals surface area contributed by atoms with E-state index in [-0.39, 0.29) is 23.4 Å². The number of benzene rings is 1.